The van der Waals surface area contributed by atoms with Crippen molar-refractivity contribution >= 4 is 11.9 Å². The number of aliphatic hydroxyl groups is 6. The number of esters is 1. The van der Waals surface area contributed by atoms with Crippen molar-refractivity contribution in [1.29, 1.82) is 0 Å². The van der Waals surface area contributed by atoms with Crippen molar-refractivity contribution in [2.24, 2.45) is 28.6 Å². The Balaban J connectivity index is 1.03. The Morgan fingerprint density at radius 2 is 1.61 bits per heavy atom. The number of ether oxygens (including phenoxy) is 5. The van der Waals surface area contributed by atoms with Crippen molar-refractivity contribution in [1.82, 2.24) is 0 Å². The van der Waals surface area contributed by atoms with E-state index in [-0.39, 0.29) is 50.1 Å². The minimum atomic E-state index is -1.58. The van der Waals surface area contributed by atoms with Crippen LogP contribution < -0.4 is 0 Å². The van der Waals surface area contributed by atoms with Crippen LogP contribution in [0, 0.1) is 28.6 Å². The van der Waals surface area contributed by atoms with Gasteiger partial charge in [0.05, 0.1) is 41.0 Å². The van der Waals surface area contributed by atoms with Crippen LogP contribution in [0.1, 0.15) is 85.0 Å². The van der Waals surface area contributed by atoms with Gasteiger partial charge in [0.2, 0.25) is 0 Å². The third-order valence-corrected chi connectivity index (χ3v) is 14.0. The highest BCUT2D eigenvalue weighted by atomic mass is 16.7. The first-order chi connectivity index (χ1) is 23.0. The van der Waals surface area contributed by atoms with E-state index in [0.717, 1.165) is 5.57 Å². The van der Waals surface area contributed by atoms with Crippen LogP contribution in [-0.4, -0.2) is 127 Å². The Morgan fingerprint density at radius 3 is 2.29 bits per heavy atom. The number of carboxylic acids is 1. The van der Waals surface area contributed by atoms with E-state index in [1.165, 1.54) is 6.92 Å². The van der Waals surface area contributed by atoms with Gasteiger partial charge in [-0.2, -0.15) is 0 Å². The molecule has 7 aliphatic rings. The molecule has 0 unspecified atom stereocenters. The number of cyclic esters (lactones) is 1. The molecule has 0 aromatic carbocycles. The number of carbonyl (C=O) groups is 2. The second-order valence-corrected chi connectivity index (χ2v) is 16.2. The third-order valence-electron chi connectivity index (χ3n) is 14.0. The SMILES string of the molecule is C[C@@H]1O[C@@H](O[C@H]2[C@@H](O)C[C@H](O[C@H]3CC[C@]4(C(=O)O)[C@H]5CC[C@]6(C)[C@@H](C7=CC(=O)OC7)CC[C@]6(O)[C@@H]5CC[C@]4(O)C3)O[C@@H]2C)[C@H](O)[C@H](O)[C@H]1O. The highest BCUT2D eigenvalue weighted by molar-refractivity contribution is 5.85. The number of rotatable bonds is 6. The molecule has 3 heterocycles. The van der Waals surface area contributed by atoms with Gasteiger partial charge < -0.3 is 59.4 Å². The van der Waals surface area contributed by atoms with Crippen molar-refractivity contribution in [3.8, 4) is 0 Å². The summed E-state index contributed by atoms with van der Waals surface area (Å²) in [7, 11) is 0. The molecule has 14 heteroatoms. The van der Waals surface area contributed by atoms with Crippen LogP contribution in [-0.2, 0) is 33.3 Å². The molecule has 4 saturated carbocycles. The lowest BCUT2D eigenvalue weighted by molar-refractivity contribution is -0.342. The monoisotopic (exact) mass is 696 g/mol. The fourth-order valence-corrected chi connectivity index (χ4v) is 11.4. The lowest BCUT2D eigenvalue weighted by Crippen LogP contribution is -2.70. The van der Waals surface area contributed by atoms with Crippen LogP contribution in [0.3, 0.4) is 0 Å². The van der Waals surface area contributed by atoms with Crippen LogP contribution >= 0.6 is 0 Å². The smallest absolute Gasteiger partial charge is 0.331 e. The Morgan fingerprint density at radius 1 is 0.878 bits per heavy atom. The molecule has 0 spiro atoms. The van der Waals surface area contributed by atoms with E-state index < -0.39 is 95.3 Å². The molecule has 7 N–H and O–H groups in total. The standard InChI is InChI=1S/C35H52O14/c1-16-26(38)27(39)28(40)30(47-16)49-29-17(2)46-25(13-23(29)36)48-19-4-10-34(31(41)42)21-5-8-32(3)20(18-12-24(37)45-15-18)7-11-35(32,44)22(21)6-9-33(34,43)14-19/h12,16-17,19-23,25-30,36,38-40,43-44H,4-11,13-15H2,1-3H3,(H,41,42)/t16-,17+,19-,20+,21-,22+,23-,25-,26-,27+,28+,29+,30-,32+,33-,34+,35-/m0/s1. The van der Waals surface area contributed by atoms with Gasteiger partial charge in [0.25, 0.3) is 0 Å². The Bertz CT molecular complexity index is 1330. The van der Waals surface area contributed by atoms with E-state index in [1.54, 1.807) is 13.0 Å². The molecule has 6 fully saturated rings. The van der Waals surface area contributed by atoms with Gasteiger partial charge in [0.15, 0.2) is 12.6 Å². The van der Waals surface area contributed by atoms with E-state index >= 15 is 0 Å². The summed E-state index contributed by atoms with van der Waals surface area (Å²) in [6, 6.07) is 0. The number of carbonyl (C=O) groups excluding carboxylic acids is 1. The number of carboxylic acid groups (broad SMARTS) is 1. The third kappa shape index (κ3) is 5.35. The molecule has 14 nitrogen and oxygen atoms in total. The van der Waals surface area contributed by atoms with Gasteiger partial charge in [-0.15, -0.1) is 0 Å². The lowest BCUT2D eigenvalue weighted by atomic mass is 9.41. The fourth-order valence-electron chi connectivity index (χ4n) is 11.4. The maximum atomic E-state index is 13.3. The van der Waals surface area contributed by atoms with Gasteiger partial charge >= 0.3 is 11.9 Å². The molecule has 2 saturated heterocycles. The Labute approximate surface area is 285 Å². The zero-order chi connectivity index (χ0) is 35.3. The summed E-state index contributed by atoms with van der Waals surface area (Å²) in [6.07, 6.45) is -5.53. The van der Waals surface area contributed by atoms with E-state index in [0.29, 0.717) is 38.5 Å². The number of aliphatic carboxylic acids is 1. The van der Waals surface area contributed by atoms with Gasteiger partial charge in [-0.25, -0.2) is 4.79 Å². The van der Waals surface area contributed by atoms with Crippen LogP contribution in [0.25, 0.3) is 0 Å². The quantitative estimate of drug-likeness (QED) is 0.149. The molecule has 0 bridgehead atoms. The predicted molar refractivity (Wildman–Crippen MR) is 166 cm³/mol. The van der Waals surface area contributed by atoms with Gasteiger partial charge in [-0.3, -0.25) is 4.79 Å². The Kier molecular flexibility index (Phi) is 9.07. The summed E-state index contributed by atoms with van der Waals surface area (Å²) in [5.74, 6) is -2.22. The molecule has 0 amide bonds. The second kappa shape index (κ2) is 12.5. The Hall–Kier alpha value is -1.72. The molecule has 0 aromatic rings. The minimum Gasteiger partial charge on any atom is -0.481 e. The van der Waals surface area contributed by atoms with Crippen molar-refractivity contribution in [2.75, 3.05) is 6.61 Å². The molecular weight excluding hydrogens is 644 g/mol. The van der Waals surface area contributed by atoms with E-state index in [9.17, 15) is 45.3 Å². The zero-order valence-electron chi connectivity index (χ0n) is 28.3. The van der Waals surface area contributed by atoms with E-state index in [2.05, 4.69) is 6.92 Å². The van der Waals surface area contributed by atoms with Gasteiger partial charge in [0, 0.05) is 24.3 Å². The summed E-state index contributed by atoms with van der Waals surface area (Å²) in [4.78, 5) is 25.2. The highest BCUT2D eigenvalue weighted by Crippen LogP contribution is 2.71. The van der Waals surface area contributed by atoms with Crippen LogP contribution in [0.15, 0.2) is 11.6 Å². The van der Waals surface area contributed by atoms with Crippen molar-refractivity contribution in [3.05, 3.63) is 11.6 Å². The molecule has 0 aromatic heterocycles. The summed E-state index contributed by atoms with van der Waals surface area (Å²) < 4.78 is 28.9. The average Bonchev–Trinajstić information content (AvgIpc) is 3.58. The van der Waals surface area contributed by atoms with E-state index in [4.69, 9.17) is 23.7 Å². The fraction of sp³-hybridized carbons (Fsp3) is 0.886. The first kappa shape index (κ1) is 35.7. The van der Waals surface area contributed by atoms with Gasteiger partial charge in [-0.05, 0) is 88.5 Å². The molecule has 4 aliphatic carbocycles. The van der Waals surface area contributed by atoms with Crippen molar-refractivity contribution in [2.45, 2.75) is 158 Å². The highest BCUT2D eigenvalue weighted by Gasteiger charge is 2.73. The van der Waals surface area contributed by atoms with Crippen molar-refractivity contribution in [3.63, 3.8) is 0 Å². The lowest BCUT2D eigenvalue weighted by Gasteiger charge is -2.65. The van der Waals surface area contributed by atoms with Crippen LogP contribution in [0.5, 0.6) is 0 Å². The summed E-state index contributed by atoms with van der Waals surface area (Å²) in [6.45, 7) is 5.50. The summed E-state index contributed by atoms with van der Waals surface area (Å²) >= 11 is 0. The molecule has 276 valence electrons. The molecule has 0 radical (unpaired) electrons. The zero-order valence-corrected chi connectivity index (χ0v) is 28.3. The van der Waals surface area contributed by atoms with Crippen molar-refractivity contribution < 1.29 is 69.0 Å². The summed E-state index contributed by atoms with van der Waals surface area (Å²) in [5, 5.41) is 77.2. The predicted octanol–water partition coefficient (Wildman–Crippen LogP) is 0.517. The molecule has 7 rings (SSSR count). The number of fused-ring (bicyclic) bond motifs is 5. The molecule has 17 atom stereocenters. The summed E-state index contributed by atoms with van der Waals surface area (Å²) in [5.41, 5.74) is -3.83. The van der Waals surface area contributed by atoms with Crippen LogP contribution in [0.4, 0.5) is 0 Å². The van der Waals surface area contributed by atoms with Gasteiger partial charge in [-0.1, -0.05) is 6.92 Å². The molecular formula is C35H52O14. The first-order valence-electron chi connectivity index (χ1n) is 17.9. The largest absolute Gasteiger partial charge is 0.481 e. The normalized spacial score (nSPS) is 54.3. The number of aliphatic hydroxyl groups excluding tert-OH is 4. The van der Waals surface area contributed by atoms with Crippen LogP contribution in [0.2, 0.25) is 0 Å². The number of hydrogen-bond donors (Lipinski definition) is 7. The first-order valence-corrected chi connectivity index (χ1v) is 17.9. The molecule has 3 aliphatic heterocycles. The van der Waals surface area contributed by atoms with E-state index in [1.807, 2.05) is 0 Å². The average molecular weight is 697 g/mol. The topological polar surface area (TPSA) is 222 Å². The minimum absolute atomic E-state index is 0.00209. The maximum absolute atomic E-state index is 13.3. The number of hydrogen-bond acceptors (Lipinski definition) is 13. The van der Waals surface area contributed by atoms with Gasteiger partial charge in [0.1, 0.15) is 31.0 Å². The maximum Gasteiger partial charge on any atom is 0.331 e. The molecule has 49 heavy (non-hydrogen) atoms. The second-order valence-electron chi connectivity index (χ2n) is 16.2.